The largest absolute Gasteiger partial charge is 0.484 e. The molecule has 34 heavy (non-hydrogen) atoms. The number of nitrogens with zero attached hydrogens (tertiary/aromatic N) is 1. The average Bonchev–Trinajstić information content (AvgIpc) is 2.85. The van der Waals surface area contributed by atoms with Gasteiger partial charge in [0, 0.05) is 10.2 Å². The van der Waals surface area contributed by atoms with Crippen LogP contribution in [0.1, 0.15) is 29.7 Å². The van der Waals surface area contributed by atoms with Crippen molar-refractivity contribution in [2.75, 3.05) is 12.4 Å². The number of benzene rings is 3. The van der Waals surface area contributed by atoms with Gasteiger partial charge in [-0.05, 0) is 53.9 Å². The summed E-state index contributed by atoms with van der Waals surface area (Å²) in [5.41, 5.74) is 5.52. The van der Waals surface area contributed by atoms with E-state index in [1.165, 1.54) is 11.8 Å². The summed E-state index contributed by atoms with van der Waals surface area (Å²) in [5.74, 6) is 1.28. The number of ether oxygens (including phenoxy) is 1. The zero-order chi connectivity index (χ0) is 24.2. The molecule has 0 saturated carbocycles. The van der Waals surface area contributed by atoms with Gasteiger partial charge in [0.1, 0.15) is 5.75 Å². The fourth-order valence-electron chi connectivity index (χ4n) is 2.99. The van der Waals surface area contributed by atoms with Crippen molar-refractivity contribution in [3.63, 3.8) is 0 Å². The topological polar surface area (TPSA) is 79.8 Å². The molecule has 1 atom stereocenters. The van der Waals surface area contributed by atoms with Crippen molar-refractivity contribution < 1.29 is 14.3 Å². The van der Waals surface area contributed by atoms with E-state index in [1.54, 1.807) is 30.5 Å². The summed E-state index contributed by atoms with van der Waals surface area (Å²) in [7, 11) is 0. The van der Waals surface area contributed by atoms with Gasteiger partial charge < -0.3 is 10.1 Å². The standard InChI is InChI=1S/C26H26BrN3O3S/c1-19(21-7-3-2-4-8-21)29-25(31)16-33-23-13-11-20(12-14-23)15-28-30-26(32)18-34-17-22-9-5-6-10-24(22)27/h2-15,19H,16-18H2,1H3,(H,29,31)(H,30,32)/b28-15-/t19-/m1/s1. The molecule has 0 fully saturated rings. The first-order valence-corrected chi connectivity index (χ1v) is 12.7. The van der Waals surface area contributed by atoms with Gasteiger partial charge in [0.15, 0.2) is 6.61 Å². The van der Waals surface area contributed by atoms with E-state index in [0.29, 0.717) is 11.5 Å². The Balaban J connectivity index is 1.35. The summed E-state index contributed by atoms with van der Waals surface area (Å²) in [6.45, 7) is 1.86. The Hall–Kier alpha value is -3.10. The summed E-state index contributed by atoms with van der Waals surface area (Å²) >= 11 is 5.03. The molecule has 8 heteroatoms. The third-order valence-electron chi connectivity index (χ3n) is 4.78. The van der Waals surface area contributed by atoms with Crippen LogP contribution in [0.3, 0.4) is 0 Å². The number of halogens is 1. The number of nitrogens with one attached hydrogen (secondary N) is 2. The molecule has 0 radical (unpaired) electrons. The monoisotopic (exact) mass is 539 g/mol. The fourth-order valence-corrected chi connectivity index (χ4v) is 4.42. The van der Waals surface area contributed by atoms with Gasteiger partial charge in [0.2, 0.25) is 5.91 Å². The maximum Gasteiger partial charge on any atom is 0.258 e. The Kier molecular flexibility index (Phi) is 10.2. The second-order valence-corrected chi connectivity index (χ2v) is 9.27. The van der Waals surface area contributed by atoms with Gasteiger partial charge in [-0.1, -0.05) is 64.5 Å². The average molecular weight is 540 g/mol. The number of hydrazone groups is 1. The Morgan fingerprint density at radius 3 is 2.44 bits per heavy atom. The lowest BCUT2D eigenvalue weighted by atomic mass is 10.1. The molecule has 0 spiro atoms. The minimum Gasteiger partial charge on any atom is -0.484 e. The zero-order valence-electron chi connectivity index (χ0n) is 18.7. The van der Waals surface area contributed by atoms with E-state index in [2.05, 4.69) is 31.8 Å². The summed E-state index contributed by atoms with van der Waals surface area (Å²) < 4.78 is 6.60. The second-order valence-electron chi connectivity index (χ2n) is 7.43. The number of carbonyl (C=O) groups is 2. The van der Waals surface area contributed by atoms with E-state index in [9.17, 15) is 9.59 Å². The van der Waals surface area contributed by atoms with Crippen molar-refractivity contribution in [1.29, 1.82) is 0 Å². The number of thioether (sulfide) groups is 1. The number of amides is 2. The van der Waals surface area contributed by atoms with Gasteiger partial charge in [0.05, 0.1) is 18.0 Å². The van der Waals surface area contributed by atoms with Gasteiger partial charge in [-0.3, -0.25) is 9.59 Å². The summed E-state index contributed by atoms with van der Waals surface area (Å²) in [5, 5.41) is 6.91. The molecule has 2 N–H and O–H groups in total. The molecule has 0 aromatic heterocycles. The number of hydrogen-bond acceptors (Lipinski definition) is 5. The van der Waals surface area contributed by atoms with Crippen molar-refractivity contribution in [3.8, 4) is 5.75 Å². The number of hydrogen-bond donors (Lipinski definition) is 2. The van der Waals surface area contributed by atoms with Crippen LogP contribution in [0.2, 0.25) is 0 Å². The minimum atomic E-state index is -0.192. The molecule has 3 rings (SSSR count). The molecule has 0 bridgehead atoms. The van der Waals surface area contributed by atoms with Crippen LogP contribution in [0.5, 0.6) is 5.75 Å². The smallest absolute Gasteiger partial charge is 0.258 e. The molecule has 0 aliphatic rings. The zero-order valence-corrected chi connectivity index (χ0v) is 21.1. The molecule has 0 heterocycles. The highest BCUT2D eigenvalue weighted by molar-refractivity contribution is 9.10. The highest BCUT2D eigenvalue weighted by Crippen LogP contribution is 2.21. The van der Waals surface area contributed by atoms with E-state index in [-0.39, 0.29) is 24.5 Å². The molecular weight excluding hydrogens is 514 g/mol. The Labute approximate surface area is 212 Å². The predicted octanol–water partition coefficient (Wildman–Crippen LogP) is 5.09. The van der Waals surface area contributed by atoms with Gasteiger partial charge in [-0.2, -0.15) is 5.10 Å². The second kappa shape index (κ2) is 13.6. The van der Waals surface area contributed by atoms with Crippen LogP contribution in [-0.2, 0) is 15.3 Å². The molecule has 6 nitrogen and oxygen atoms in total. The highest BCUT2D eigenvalue weighted by atomic mass is 79.9. The third kappa shape index (κ3) is 8.68. The van der Waals surface area contributed by atoms with E-state index in [0.717, 1.165) is 26.9 Å². The number of carbonyl (C=O) groups excluding carboxylic acids is 2. The Bertz CT molecular complexity index is 1110. The molecule has 0 aliphatic carbocycles. The SMILES string of the molecule is C[C@@H](NC(=O)COc1ccc(/C=N\NC(=O)CSCc2ccccc2Br)cc1)c1ccccc1. The first-order chi connectivity index (χ1) is 16.5. The van der Waals surface area contributed by atoms with Gasteiger partial charge in [-0.15, -0.1) is 11.8 Å². The lowest BCUT2D eigenvalue weighted by Gasteiger charge is -2.14. The van der Waals surface area contributed by atoms with Gasteiger partial charge in [0.25, 0.3) is 5.91 Å². The maximum atomic E-state index is 12.1. The minimum absolute atomic E-state index is 0.0715. The van der Waals surface area contributed by atoms with Crippen LogP contribution < -0.4 is 15.5 Å². The molecule has 0 unspecified atom stereocenters. The highest BCUT2D eigenvalue weighted by Gasteiger charge is 2.09. The maximum absolute atomic E-state index is 12.1. The van der Waals surface area contributed by atoms with E-state index in [4.69, 9.17) is 4.74 Å². The quantitative estimate of drug-likeness (QED) is 0.262. The molecule has 3 aromatic rings. The van der Waals surface area contributed by atoms with Crippen molar-refractivity contribution in [2.24, 2.45) is 5.10 Å². The van der Waals surface area contributed by atoms with E-state index in [1.807, 2.05) is 61.5 Å². The Morgan fingerprint density at radius 1 is 1.00 bits per heavy atom. The van der Waals surface area contributed by atoms with Crippen molar-refractivity contribution in [2.45, 2.75) is 18.7 Å². The molecular formula is C26H26BrN3O3S. The van der Waals surface area contributed by atoms with Crippen LogP contribution in [0.25, 0.3) is 0 Å². The summed E-state index contributed by atoms with van der Waals surface area (Å²) in [4.78, 5) is 24.1. The van der Waals surface area contributed by atoms with Crippen molar-refractivity contribution >= 4 is 45.7 Å². The van der Waals surface area contributed by atoms with Gasteiger partial charge in [-0.25, -0.2) is 5.43 Å². The molecule has 176 valence electrons. The van der Waals surface area contributed by atoms with Crippen LogP contribution in [0.4, 0.5) is 0 Å². The summed E-state index contributed by atoms with van der Waals surface area (Å²) in [6.07, 6.45) is 1.56. The predicted molar refractivity (Wildman–Crippen MR) is 141 cm³/mol. The lowest BCUT2D eigenvalue weighted by molar-refractivity contribution is -0.123. The lowest BCUT2D eigenvalue weighted by Crippen LogP contribution is -2.31. The van der Waals surface area contributed by atoms with E-state index >= 15 is 0 Å². The van der Waals surface area contributed by atoms with Crippen LogP contribution >= 0.6 is 27.7 Å². The normalized spacial score (nSPS) is 11.7. The van der Waals surface area contributed by atoms with Gasteiger partial charge >= 0.3 is 0 Å². The Morgan fingerprint density at radius 2 is 1.71 bits per heavy atom. The van der Waals surface area contributed by atoms with Crippen LogP contribution in [-0.4, -0.2) is 30.4 Å². The first kappa shape index (κ1) is 25.5. The number of rotatable bonds is 11. The van der Waals surface area contributed by atoms with Crippen LogP contribution in [0.15, 0.2) is 88.4 Å². The third-order valence-corrected chi connectivity index (χ3v) is 6.53. The molecule has 0 saturated heterocycles. The van der Waals surface area contributed by atoms with Crippen LogP contribution in [0, 0.1) is 0 Å². The fraction of sp³-hybridized carbons (Fsp3) is 0.192. The molecule has 2 amide bonds. The van der Waals surface area contributed by atoms with Crippen molar-refractivity contribution in [3.05, 3.63) is 100 Å². The summed E-state index contributed by atoms with van der Waals surface area (Å²) in [6, 6.07) is 24.7. The molecule has 0 aliphatic heterocycles. The molecule has 3 aromatic carbocycles. The first-order valence-electron chi connectivity index (χ1n) is 10.7. The van der Waals surface area contributed by atoms with Crippen molar-refractivity contribution in [1.82, 2.24) is 10.7 Å². The van der Waals surface area contributed by atoms with E-state index < -0.39 is 0 Å².